The number of halogens is 3. The van der Waals surface area contributed by atoms with Gasteiger partial charge in [-0.3, -0.25) is 5.32 Å². The van der Waals surface area contributed by atoms with Gasteiger partial charge in [0, 0.05) is 18.9 Å². The molecule has 0 aromatic heterocycles. The molecule has 0 saturated carbocycles. The Morgan fingerprint density at radius 2 is 2.06 bits per heavy atom. The SMILES string of the molecule is NC1CCCCC(CC2CC(C(F)(F)F)=NO2)N1. The zero-order valence-corrected chi connectivity index (χ0v) is 10.0. The third-order valence-corrected chi connectivity index (χ3v) is 3.38. The van der Waals surface area contributed by atoms with Gasteiger partial charge in [-0.15, -0.1) is 0 Å². The van der Waals surface area contributed by atoms with Crippen LogP contribution in [-0.4, -0.2) is 30.2 Å². The monoisotopic (exact) mass is 265 g/mol. The quantitative estimate of drug-likeness (QED) is 0.801. The lowest BCUT2D eigenvalue weighted by atomic mass is 10.0. The van der Waals surface area contributed by atoms with Crippen LogP contribution in [0.25, 0.3) is 0 Å². The third kappa shape index (κ3) is 3.58. The summed E-state index contributed by atoms with van der Waals surface area (Å²) in [5.41, 5.74) is 5.02. The Bertz CT molecular complexity index is 319. The van der Waals surface area contributed by atoms with Crippen LogP contribution in [-0.2, 0) is 4.84 Å². The number of oxime groups is 1. The molecule has 2 heterocycles. The summed E-state index contributed by atoms with van der Waals surface area (Å²) < 4.78 is 37.2. The summed E-state index contributed by atoms with van der Waals surface area (Å²) in [5, 5.41) is 6.35. The molecule has 104 valence electrons. The van der Waals surface area contributed by atoms with E-state index < -0.39 is 18.0 Å². The zero-order chi connectivity index (χ0) is 13.2. The van der Waals surface area contributed by atoms with Gasteiger partial charge in [0.1, 0.15) is 6.10 Å². The Kier molecular flexibility index (Phi) is 4.11. The number of nitrogens with zero attached hydrogens (tertiary/aromatic N) is 1. The maximum Gasteiger partial charge on any atom is 0.432 e. The van der Waals surface area contributed by atoms with E-state index in [9.17, 15) is 13.2 Å². The van der Waals surface area contributed by atoms with Gasteiger partial charge in [-0.1, -0.05) is 18.0 Å². The van der Waals surface area contributed by atoms with E-state index in [-0.39, 0.29) is 18.6 Å². The molecule has 3 atom stereocenters. The van der Waals surface area contributed by atoms with Crippen LogP contribution in [0.5, 0.6) is 0 Å². The molecule has 0 aromatic rings. The van der Waals surface area contributed by atoms with Gasteiger partial charge in [0.05, 0.1) is 6.17 Å². The zero-order valence-electron chi connectivity index (χ0n) is 10.0. The Morgan fingerprint density at radius 3 is 2.72 bits per heavy atom. The Hall–Kier alpha value is -0.820. The fourth-order valence-corrected chi connectivity index (χ4v) is 2.45. The molecule has 7 heteroatoms. The minimum absolute atomic E-state index is 0.0677. The lowest BCUT2D eigenvalue weighted by Crippen LogP contribution is -2.44. The summed E-state index contributed by atoms with van der Waals surface area (Å²) in [6.07, 6.45) is -0.617. The molecule has 1 fully saturated rings. The summed E-state index contributed by atoms with van der Waals surface area (Å²) in [6.45, 7) is 0. The Labute approximate surface area is 104 Å². The van der Waals surface area contributed by atoms with Crippen molar-refractivity contribution in [3.05, 3.63) is 0 Å². The van der Waals surface area contributed by atoms with Crippen molar-refractivity contribution >= 4 is 5.71 Å². The molecule has 2 rings (SSSR count). The lowest BCUT2D eigenvalue weighted by molar-refractivity contribution is -0.0604. The summed E-state index contributed by atoms with van der Waals surface area (Å²) >= 11 is 0. The molecule has 4 nitrogen and oxygen atoms in total. The van der Waals surface area contributed by atoms with E-state index in [4.69, 9.17) is 10.6 Å². The second-order valence-corrected chi connectivity index (χ2v) is 4.96. The van der Waals surface area contributed by atoms with E-state index in [0.29, 0.717) is 6.42 Å². The third-order valence-electron chi connectivity index (χ3n) is 3.38. The first-order chi connectivity index (χ1) is 8.45. The van der Waals surface area contributed by atoms with Gasteiger partial charge >= 0.3 is 6.18 Å². The second-order valence-electron chi connectivity index (χ2n) is 4.96. The number of hydrogen-bond acceptors (Lipinski definition) is 4. The minimum atomic E-state index is -4.37. The molecule has 0 bridgehead atoms. The van der Waals surface area contributed by atoms with Gasteiger partial charge in [-0.2, -0.15) is 13.2 Å². The predicted molar refractivity (Wildman–Crippen MR) is 61.0 cm³/mol. The van der Waals surface area contributed by atoms with Crippen LogP contribution in [0.2, 0.25) is 0 Å². The molecular weight excluding hydrogens is 247 g/mol. The highest BCUT2D eigenvalue weighted by Crippen LogP contribution is 2.28. The second kappa shape index (κ2) is 5.44. The highest BCUT2D eigenvalue weighted by Gasteiger charge is 2.42. The van der Waals surface area contributed by atoms with Crippen molar-refractivity contribution in [1.29, 1.82) is 0 Å². The molecule has 0 radical (unpaired) electrons. The fourth-order valence-electron chi connectivity index (χ4n) is 2.45. The first-order valence-corrected chi connectivity index (χ1v) is 6.26. The van der Waals surface area contributed by atoms with Gasteiger partial charge in [0.2, 0.25) is 0 Å². The Morgan fingerprint density at radius 1 is 1.33 bits per heavy atom. The minimum Gasteiger partial charge on any atom is -0.392 e. The highest BCUT2D eigenvalue weighted by atomic mass is 19.4. The molecule has 3 N–H and O–H groups in total. The van der Waals surface area contributed by atoms with E-state index in [2.05, 4.69) is 10.5 Å². The topological polar surface area (TPSA) is 59.6 Å². The molecule has 3 unspecified atom stereocenters. The fraction of sp³-hybridized carbons (Fsp3) is 0.909. The molecule has 2 aliphatic rings. The number of nitrogens with two attached hydrogens (primary N) is 1. The van der Waals surface area contributed by atoms with Crippen molar-refractivity contribution in [3.8, 4) is 0 Å². The van der Waals surface area contributed by atoms with Crippen molar-refractivity contribution in [2.45, 2.75) is 63.0 Å². The highest BCUT2D eigenvalue weighted by molar-refractivity contribution is 5.90. The van der Waals surface area contributed by atoms with Crippen molar-refractivity contribution in [2.75, 3.05) is 0 Å². The molecule has 0 aromatic carbocycles. The van der Waals surface area contributed by atoms with Gasteiger partial charge in [0.15, 0.2) is 5.71 Å². The smallest absolute Gasteiger partial charge is 0.392 e. The summed E-state index contributed by atoms with van der Waals surface area (Å²) in [5.74, 6) is 0. The maximum absolute atomic E-state index is 12.4. The van der Waals surface area contributed by atoms with Crippen molar-refractivity contribution in [2.24, 2.45) is 10.9 Å². The summed E-state index contributed by atoms with van der Waals surface area (Å²) in [7, 11) is 0. The molecule has 1 saturated heterocycles. The number of rotatable bonds is 2. The molecular formula is C11H18F3N3O. The first kappa shape index (κ1) is 13.6. The maximum atomic E-state index is 12.4. The van der Waals surface area contributed by atoms with Gasteiger partial charge in [0.25, 0.3) is 0 Å². The molecule has 2 aliphatic heterocycles. The van der Waals surface area contributed by atoms with Crippen LogP contribution in [0.4, 0.5) is 13.2 Å². The molecule has 18 heavy (non-hydrogen) atoms. The van der Waals surface area contributed by atoms with E-state index in [1.165, 1.54) is 0 Å². The van der Waals surface area contributed by atoms with Gasteiger partial charge in [-0.25, -0.2) is 0 Å². The molecule has 0 amide bonds. The van der Waals surface area contributed by atoms with Gasteiger partial charge < -0.3 is 10.6 Å². The van der Waals surface area contributed by atoms with Crippen LogP contribution in [0.15, 0.2) is 5.16 Å². The van der Waals surface area contributed by atoms with Crippen molar-refractivity contribution < 1.29 is 18.0 Å². The molecule has 0 aliphatic carbocycles. The number of alkyl halides is 3. The van der Waals surface area contributed by atoms with Crippen LogP contribution in [0.1, 0.15) is 38.5 Å². The van der Waals surface area contributed by atoms with Crippen LogP contribution in [0, 0.1) is 0 Å². The molecule has 0 spiro atoms. The number of hydrogen-bond donors (Lipinski definition) is 2. The van der Waals surface area contributed by atoms with Crippen LogP contribution >= 0.6 is 0 Å². The van der Waals surface area contributed by atoms with E-state index in [0.717, 1.165) is 25.7 Å². The largest absolute Gasteiger partial charge is 0.432 e. The van der Waals surface area contributed by atoms with E-state index >= 15 is 0 Å². The summed E-state index contributed by atoms with van der Waals surface area (Å²) in [6, 6.07) is 0.121. The number of nitrogens with one attached hydrogen (secondary N) is 1. The predicted octanol–water partition coefficient (Wildman–Crippen LogP) is 1.90. The van der Waals surface area contributed by atoms with Crippen LogP contribution < -0.4 is 11.1 Å². The van der Waals surface area contributed by atoms with Gasteiger partial charge in [-0.05, 0) is 12.8 Å². The summed E-state index contributed by atoms with van der Waals surface area (Å²) in [4.78, 5) is 4.86. The van der Waals surface area contributed by atoms with E-state index in [1.54, 1.807) is 0 Å². The normalized spacial score (nSPS) is 33.8. The van der Waals surface area contributed by atoms with Crippen molar-refractivity contribution in [3.63, 3.8) is 0 Å². The Balaban J connectivity index is 1.81. The average Bonchev–Trinajstić information content (AvgIpc) is 2.63. The van der Waals surface area contributed by atoms with Crippen molar-refractivity contribution in [1.82, 2.24) is 5.32 Å². The van der Waals surface area contributed by atoms with E-state index in [1.807, 2.05) is 0 Å². The van der Waals surface area contributed by atoms with Crippen LogP contribution in [0.3, 0.4) is 0 Å². The standard InChI is InChI=1S/C11H18F3N3O/c12-11(13,14)9-6-8(18-17-9)5-7-3-1-2-4-10(15)16-7/h7-8,10,16H,1-6,15H2. The first-order valence-electron chi connectivity index (χ1n) is 6.26. The lowest BCUT2D eigenvalue weighted by Gasteiger charge is -2.21. The average molecular weight is 265 g/mol.